The summed E-state index contributed by atoms with van der Waals surface area (Å²) in [5, 5.41) is 9.52. The van der Waals surface area contributed by atoms with Crippen LogP contribution in [0.5, 0.6) is 0 Å². The third kappa shape index (κ3) is 5.19. The zero-order valence-corrected chi connectivity index (χ0v) is 17.8. The Hall–Kier alpha value is -2.14. The fourth-order valence-electron chi connectivity index (χ4n) is 3.45. The van der Waals surface area contributed by atoms with Gasteiger partial charge in [-0.15, -0.1) is 0 Å². The topological polar surface area (TPSA) is 63.5 Å². The lowest BCUT2D eigenvalue weighted by Gasteiger charge is -2.20. The molecule has 0 aliphatic heterocycles. The summed E-state index contributed by atoms with van der Waals surface area (Å²) < 4.78 is 1.80. The zero-order chi connectivity index (χ0) is 20.1. The number of rotatable bonds is 8. The Bertz CT molecular complexity index is 761. The monoisotopic (exact) mass is 371 g/mol. The maximum Gasteiger partial charge on any atom is 0.279 e. The molecule has 2 atom stereocenters. The van der Waals surface area contributed by atoms with E-state index in [1.165, 1.54) is 11.1 Å². The van der Waals surface area contributed by atoms with Crippen LogP contribution in [0.2, 0.25) is 0 Å². The summed E-state index contributed by atoms with van der Waals surface area (Å²) in [5.41, 5.74) is 5.31. The fourth-order valence-corrected chi connectivity index (χ4v) is 3.45. The van der Waals surface area contributed by atoms with Crippen molar-refractivity contribution in [2.75, 3.05) is 11.9 Å². The van der Waals surface area contributed by atoms with Crippen LogP contribution >= 0.6 is 0 Å². The average Bonchev–Trinajstić information content (AvgIpc) is 2.87. The van der Waals surface area contributed by atoms with Crippen LogP contribution in [0.25, 0.3) is 0 Å². The van der Waals surface area contributed by atoms with Crippen molar-refractivity contribution in [1.29, 1.82) is 0 Å². The van der Waals surface area contributed by atoms with Crippen LogP contribution in [-0.2, 0) is 11.8 Å². The van der Waals surface area contributed by atoms with Gasteiger partial charge in [0.15, 0.2) is 6.54 Å². The van der Waals surface area contributed by atoms with E-state index in [1.807, 2.05) is 20.9 Å². The van der Waals surface area contributed by atoms with Gasteiger partial charge in [0.05, 0.1) is 17.1 Å². The molecule has 5 nitrogen and oxygen atoms in total. The maximum atomic E-state index is 12.5. The first-order valence-corrected chi connectivity index (χ1v) is 9.97. The van der Waals surface area contributed by atoms with E-state index >= 15 is 0 Å². The van der Waals surface area contributed by atoms with Crippen molar-refractivity contribution in [2.45, 2.75) is 59.9 Å². The van der Waals surface area contributed by atoms with Crippen LogP contribution in [0.15, 0.2) is 24.3 Å². The Morgan fingerprint density at radius 3 is 2.22 bits per heavy atom. The predicted molar refractivity (Wildman–Crippen MR) is 111 cm³/mol. The minimum Gasteiger partial charge on any atom is -0.332 e. The summed E-state index contributed by atoms with van der Waals surface area (Å²) in [5.74, 6) is 1.03. The number of hydrogen-bond donors (Lipinski definition) is 2. The lowest BCUT2D eigenvalue weighted by Crippen LogP contribution is -2.88. The molecule has 0 bridgehead atoms. The first-order valence-electron chi connectivity index (χ1n) is 9.97. The van der Waals surface area contributed by atoms with E-state index in [0.29, 0.717) is 18.4 Å². The van der Waals surface area contributed by atoms with E-state index in [4.69, 9.17) is 0 Å². The number of aryl methyl sites for hydroxylation is 2. The molecule has 1 amide bonds. The second-order valence-electron chi connectivity index (χ2n) is 7.90. The Kier molecular flexibility index (Phi) is 7.19. The number of quaternary nitrogens is 1. The molecule has 0 aliphatic carbocycles. The minimum atomic E-state index is 0.0103. The van der Waals surface area contributed by atoms with Crippen molar-refractivity contribution in [3.05, 3.63) is 46.8 Å². The molecule has 2 rings (SSSR count). The largest absolute Gasteiger partial charge is 0.332 e. The van der Waals surface area contributed by atoms with Crippen molar-refractivity contribution >= 4 is 11.6 Å². The van der Waals surface area contributed by atoms with E-state index in [0.717, 1.165) is 23.5 Å². The summed E-state index contributed by atoms with van der Waals surface area (Å²) in [6, 6.07) is 9.16. The Morgan fingerprint density at radius 2 is 1.74 bits per heavy atom. The molecule has 5 heteroatoms. The third-order valence-electron chi connectivity index (χ3n) is 5.55. The molecule has 0 fully saturated rings. The number of carbonyl (C=O) groups excluding carboxylic acids is 1. The number of nitrogens with zero attached hydrogens (tertiary/aromatic N) is 2. The van der Waals surface area contributed by atoms with E-state index in [2.05, 4.69) is 67.7 Å². The molecule has 1 heterocycles. The quantitative estimate of drug-likeness (QED) is 0.746. The Morgan fingerprint density at radius 1 is 1.15 bits per heavy atom. The molecule has 0 aliphatic rings. The molecule has 0 spiro atoms. The van der Waals surface area contributed by atoms with Crippen molar-refractivity contribution in [1.82, 2.24) is 9.78 Å². The normalized spacial score (nSPS) is 13.6. The zero-order valence-electron chi connectivity index (χ0n) is 17.8. The number of nitrogens with one attached hydrogen (secondary N) is 1. The van der Waals surface area contributed by atoms with Gasteiger partial charge in [0.2, 0.25) is 0 Å². The van der Waals surface area contributed by atoms with Crippen LogP contribution in [0.1, 0.15) is 68.6 Å². The number of hydrogen-bond acceptors (Lipinski definition) is 2. The summed E-state index contributed by atoms with van der Waals surface area (Å²) >= 11 is 0. The third-order valence-corrected chi connectivity index (χ3v) is 5.55. The summed E-state index contributed by atoms with van der Waals surface area (Å²) in [6.45, 7) is 13.2. The van der Waals surface area contributed by atoms with Crippen LogP contribution in [0.4, 0.5) is 5.69 Å². The van der Waals surface area contributed by atoms with Gasteiger partial charge in [-0.1, -0.05) is 52.0 Å². The standard InChI is InChI=1S/C22H34N4O/c1-8-15(4)18-9-11-19(12-10-18)21(14(2)3)23-13-20(27)24-22-16(5)25-26(7)17(22)6/h9-12,14-15,21,23H,8,13H2,1-7H3,(H,24,27)/p+1/t15-,21-/m0/s1. The maximum absolute atomic E-state index is 12.5. The van der Waals surface area contributed by atoms with Crippen LogP contribution in [-0.4, -0.2) is 22.2 Å². The molecule has 27 heavy (non-hydrogen) atoms. The van der Waals surface area contributed by atoms with E-state index in [1.54, 1.807) is 4.68 Å². The highest BCUT2D eigenvalue weighted by atomic mass is 16.1. The smallest absolute Gasteiger partial charge is 0.279 e. The second kappa shape index (κ2) is 9.18. The number of aromatic nitrogens is 2. The number of benzene rings is 1. The second-order valence-corrected chi connectivity index (χ2v) is 7.90. The summed E-state index contributed by atoms with van der Waals surface area (Å²) in [6.07, 6.45) is 1.15. The number of anilines is 1. The predicted octanol–water partition coefficient (Wildman–Crippen LogP) is 3.45. The average molecular weight is 372 g/mol. The molecule has 1 aromatic carbocycles. The number of carbonyl (C=O) groups is 1. The summed E-state index contributed by atoms with van der Waals surface area (Å²) in [7, 11) is 1.89. The Balaban J connectivity index is 2.03. The number of nitrogens with two attached hydrogens (primary N) is 1. The SMILES string of the molecule is CC[C@H](C)c1ccc([C@@H]([NH2+]CC(=O)Nc2c(C)nn(C)c2C)C(C)C)cc1. The molecule has 2 aromatic rings. The first kappa shape index (κ1) is 21.2. The molecule has 0 unspecified atom stereocenters. The van der Waals surface area contributed by atoms with E-state index < -0.39 is 0 Å². The molecule has 0 saturated heterocycles. The van der Waals surface area contributed by atoms with Crippen molar-refractivity contribution in [3.63, 3.8) is 0 Å². The fraction of sp³-hybridized carbons (Fsp3) is 0.545. The van der Waals surface area contributed by atoms with Gasteiger partial charge in [-0.2, -0.15) is 5.10 Å². The van der Waals surface area contributed by atoms with E-state index in [-0.39, 0.29) is 11.9 Å². The molecular weight excluding hydrogens is 336 g/mol. The Labute approximate surface area is 163 Å². The highest BCUT2D eigenvalue weighted by molar-refractivity contribution is 5.92. The molecule has 0 radical (unpaired) electrons. The van der Waals surface area contributed by atoms with Gasteiger partial charge in [-0.25, -0.2) is 0 Å². The molecule has 148 valence electrons. The van der Waals surface area contributed by atoms with Crippen LogP contribution < -0.4 is 10.6 Å². The molecule has 3 N–H and O–H groups in total. The summed E-state index contributed by atoms with van der Waals surface area (Å²) in [4.78, 5) is 12.5. The van der Waals surface area contributed by atoms with Crippen molar-refractivity contribution in [3.8, 4) is 0 Å². The van der Waals surface area contributed by atoms with Gasteiger partial charge in [0.1, 0.15) is 6.04 Å². The van der Waals surface area contributed by atoms with Gasteiger partial charge in [-0.3, -0.25) is 9.48 Å². The van der Waals surface area contributed by atoms with Crippen LogP contribution in [0, 0.1) is 19.8 Å². The van der Waals surface area contributed by atoms with Gasteiger partial charge >= 0.3 is 0 Å². The van der Waals surface area contributed by atoms with Gasteiger partial charge in [0, 0.05) is 18.5 Å². The lowest BCUT2D eigenvalue weighted by atomic mass is 9.92. The lowest BCUT2D eigenvalue weighted by molar-refractivity contribution is -0.692. The minimum absolute atomic E-state index is 0.0103. The van der Waals surface area contributed by atoms with Gasteiger partial charge in [-0.05, 0) is 31.7 Å². The molecular formula is C22H35N4O+. The van der Waals surface area contributed by atoms with E-state index in [9.17, 15) is 4.79 Å². The molecule has 0 saturated carbocycles. The van der Waals surface area contributed by atoms with Crippen LogP contribution in [0.3, 0.4) is 0 Å². The highest BCUT2D eigenvalue weighted by Gasteiger charge is 2.21. The molecule has 1 aromatic heterocycles. The van der Waals surface area contributed by atoms with Gasteiger partial charge in [0.25, 0.3) is 5.91 Å². The number of amides is 1. The van der Waals surface area contributed by atoms with Crippen molar-refractivity contribution < 1.29 is 10.1 Å². The highest BCUT2D eigenvalue weighted by Crippen LogP contribution is 2.23. The first-order chi connectivity index (χ1) is 12.7. The van der Waals surface area contributed by atoms with Crippen molar-refractivity contribution in [2.24, 2.45) is 13.0 Å². The van der Waals surface area contributed by atoms with Gasteiger partial charge < -0.3 is 10.6 Å².